The molecule has 0 amide bonds. The van der Waals surface area contributed by atoms with E-state index in [0.29, 0.717) is 5.75 Å². The lowest BCUT2D eigenvalue weighted by Gasteiger charge is -2.34. The number of methoxy groups -OCH3 is 1. The maximum atomic E-state index is 11.6. The molecule has 3 heterocycles. The zero-order valence-corrected chi connectivity index (χ0v) is 15.6. The fourth-order valence-corrected chi connectivity index (χ4v) is 4.86. The van der Waals surface area contributed by atoms with Gasteiger partial charge in [0.25, 0.3) is 0 Å². The number of hydrogen-bond acceptors (Lipinski definition) is 4. The van der Waals surface area contributed by atoms with Crippen molar-refractivity contribution in [3.05, 3.63) is 41.1 Å². The van der Waals surface area contributed by atoms with E-state index in [2.05, 4.69) is 16.5 Å². The van der Waals surface area contributed by atoms with Crippen molar-refractivity contribution in [2.24, 2.45) is 5.92 Å². The van der Waals surface area contributed by atoms with Gasteiger partial charge in [-0.25, -0.2) is 0 Å². The van der Waals surface area contributed by atoms with Gasteiger partial charge < -0.3 is 14.4 Å². The van der Waals surface area contributed by atoms with Gasteiger partial charge in [0.2, 0.25) is 0 Å². The number of nitrogens with zero attached hydrogens (tertiary/aromatic N) is 2. The van der Waals surface area contributed by atoms with Crippen molar-refractivity contribution in [1.82, 2.24) is 9.47 Å². The Morgan fingerprint density at radius 3 is 2.85 bits per heavy atom. The van der Waals surface area contributed by atoms with Gasteiger partial charge >= 0.3 is 0 Å². The second kappa shape index (κ2) is 6.56. The Morgan fingerprint density at radius 2 is 2.15 bits per heavy atom. The molecule has 1 aromatic carbocycles. The number of fused-ring (bicyclic) bond motifs is 3. The first kappa shape index (κ1) is 17.3. The lowest BCUT2D eigenvalue weighted by atomic mass is 9.86. The third kappa shape index (κ3) is 2.49. The van der Waals surface area contributed by atoms with Gasteiger partial charge in [-0.15, -0.1) is 0 Å². The summed E-state index contributed by atoms with van der Waals surface area (Å²) in [5.74, 6) is 0.474. The Labute approximate surface area is 153 Å². The predicted molar refractivity (Wildman–Crippen MR) is 101 cm³/mol. The number of aromatic hydroxyl groups is 1. The molecule has 1 N–H and O–H groups in total. The van der Waals surface area contributed by atoms with E-state index in [0.717, 1.165) is 48.6 Å². The number of aromatic nitrogens is 1. The molecule has 2 aromatic rings. The summed E-state index contributed by atoms with van der Waals surface area (Å²) in [5.41, 5.74) is 4.57. The Kier molecular flexibility index (Phi) is 4.37. The number of rotatable bonds is 3. The second-order valence-corrected chi connectivity index (χ2v) is 7.45. The summed E-state index contributed by atoms with van der Waals surface area (Å²) in [6, 6.07) is 5.85. The lowest BCUT2D eigenvalue weighted by molar-refractivity contribution is -0.105. The highest BCUT2D eigenvalue weighted by molar-refractivity contribution is 5.87. The molecule has 3 atom stereocenters. The summed E-state index contributed by atoms with van der Waals surface area (Å²) >= 11 is 0. The maximum Gasteiger partial charge on any atom is 0.145 e. The molecule has 1 aromatic heterocycles. The van der Waals surface area contributed by atoms with Crippen LogP contribution >= 0.6 is 0 Å². The molecule has 2 aliphatic rings. The fraction of sp³-hybridized carbons (Fsp3) is 0.476. The van der Waals surface area contributed by atoms with Crippen molar-refractivity contribution in [2.75, 3.05) is 20.7 Å². The molecule has 0 radical (unpaired) electrons. The molecule has 0 unspecified atom stereocenters. The van der Waals surface area contributed by atoms with Crippen molar-refractivity contribution < 1.29 is 14.6 Å². The van der Waals surface area contributed by atoms with Crippen LogP contribution in [0.1, 0.15) is 43.3 Å². The molecular weight excluding hydrogens is 328 g/mol. The highest BCUT2D eigenvalue weighted by atomic mass is 16.5. The molecule has 5 heteroatoms. The van der Waals surface area contributed by atoms with E-state index in [9.17, 15) is 9.90 Å². The van der Waals surface area contributed by atoms with Gasteiger partial charge in [0.15, 0.2) is 0 Å². The number of ether oxygens (including phenoxy) is 1. The molecule has 0 aliphatic carbocycles. The van der Waals surface area contributed by atoms with Crippen molar-refractivity contribution in [3.63, 3.8) is 0 Å². The Morgan fingerprint density at radius 1 is 1.35 bits per heavy atom. The molecular formula is C21H26N2O3. The molecule has 0 spiro atoms. The molecule has 26 heavy (non-hydrogen) atoms. The van der Waals surface area contributed by atoms with Crippen LogP contribution in [0.4, 0.5) is 0 Å². The van der Waals surface area contributed by atoms with Crippen molar-refractivity contribution in [3.8, 4) is 5.75 Å². The Bertz CT molecular complexity index is 883. The first-order valence-corrected chi connectivity index (χ1v) is 9.29. The van der Waals surface area contributed by atoms with Gasteiger partial charge in [-0.05, 0) is 68.5 Å². The van der Waals surface area contributed by atoms with Crippen LogP contribution in [-0.2, 0) is 16.0 Å². The third-order valence-electron chi connectivity index (χ3n) is 6.19. The summed E-state index contributed by atoms with van der Waals surface area (Å²) < 4.78 is 8.22. The number of phenols is 1. The van der Waals surface area contributed by atoms with Gasteiger partial charge in [-0.1, -0.05) is 6.08 Å². The van der Waals surface area contributed by atoms with E-state index in [1.165, 1.54) is 11.3 Å². The summed E-state index contributed by atoms with van der Waals surface area (Å²) in [6.07, 6.45) is 5.45. The van der Waals surface area contributed by atoms with Crippen LogP contribution in [-0.4, -0.2) is 41.6 Å². The van der Waals surface area contributed by atoms with Gasteiger partial charge in [0.1, 0.15) is 18.3 Å². The van der Waals surface area contributed by atoms with Crippen LogP contribution in [0.25, 0.3) is 10.9 Å². The minimum atomic E-state index is -0.123. The van der Waals surface area contributed by atoms with Crippen LogP contribution in [0, 0.1) is 5.92 Å². The van der Waals surface area contributed by atoms with E-state index < -0.39 is 0 Å². The monoisotopic (exact) mass is 354 g/mol. The van der Waals surface area contributed by atoms with Crippen LogP contribution in [0.3, 0.4) is 0 Å². The SMILES string of the molecule is C/C=C(/C=O)[C@H]1C[C@H](OC)n2c3c(c4cc(O)ccc42)CCN(C)[C@H]3C1. The van der Waals surface area contributed by atoms with E-state index in [-0.39, 0.29) is 18.2 Å². The average molecular weight is 354 g/mol. The number of hydrogen-bond donors (Lipinski definition) is 1. The number of benzene rings is 1. The zero-order chi connectivity index (χ0) is 18.4. The molecule has 5 nitrogen and oxygen atoms in total. The second-order valence-electron chi connectivity index (χ2n) is 7.45. The van der Waals surface area contributed by atoms with E-state index in [1.807, 2.05) is 25.1 Å². The van der Waals surface area contributed by atoms with E-state index in [1.54, 1.807) is 13.2 Å². The van der Waals surface area contributed by atoms with Crippen LogP contribution in [0.5, 0.6) is 5.75 Å². The number of likely N-dealkylation sites (N-methyl/N-ethyl adjacent to an activating group) is 1. The summed E-state index contributed by atoms with van der Waals surface area (Å²) in [7, 11) is 3.90. The van der Waals surface area contributed by atoms with E-state index >= 15 is 0 Å². The van der Waals surface area contributed by atoms with Crippen molar-refractivity contribution in [2.45, 2.75) is 38.5 Å². The summed E-state index contributed by atoms with van der Waals surface area (Å²) in [5, 5.41) is 11.1. The summed E-state index contributed by atoms with van der Waals surface area (Å²) in [6.45, 7) is 2.91. The van der Waals surface area contributed by atoms with Crippen LogP contribution in [0.15, 0.2) is 29.8 Å². The Hall–Kier alpha value is -2.11. The molecule has 0 bridgehead atoms. The number of carbonyl (C=O) groups is 1. The molecule has 0 fully saturated rings. The summed E-state index contributed by atoms with van der Waals surface area (Å²) in [4.78, 5) is 14.0. The maximum absolute atomic E-state index is 11.6. The van der Waals surface area contributed by atoms with Gasteiger partial charge in [-0.3, -0.25) is 9.69 Å². The lowest BCUT2D eigenvalue weighted by Crippen LogP contribution is -2.33. The standard InChI is InChI=1S/C21H26N2O3/c1-4-13(12-24)14-9-19-21-16(7-8-22(19)2)17-11-15(25)5-6-18(17)23(21)20(10-14)26-3/h4-6,11-12,14,19-20,25H,7-10H2,1-3H3/b13-4-/t14-,19+,20+/m1/s1. The minimum absolute atomic E-state index is 0.123. The van der Waals surface area contributed by atoms with Crippen molar-refractivity contribution >= 4 is 17.2 Å². The molecule has 0 saturated heterocycles. The molecule has 0 saturated carbocycles. The van der Waals surface area contributed by atoms with Crippen molar-refractivity contribution in [1.29, 1.82) is 0 Å². The largest absolute Gasteiger partial charge is 0.508 e. The first-order valence-electron chi connectivity index (χ1n) is 9.29. The van der Waals surface area contributed by atoms with Gasteiger partial charge in [0.05, 0.1) is 11.6 Å². The van der Waals surface area contributed by atoms with Crippen LogP contribution in [0.2, 0.25) is 0 Å². The van der Waals surface area contributed by atoms with Gasteiger partial charge in [-0.2, -0.15) is 0 Å². The highest BCUT2D eigenvalue weighted by Gasteiger charge is 2.39. The smallest absolute Gasteiger partial charge is 0.145 e. The first-order chi connectivity index (χ1) is 12.6. The normalized spacial score (nSPS) is 26.6. The third-order valence-corrected chi connectivity index (χ3v) is 6.19. The fourth-order valence-electron chi connectivity index (χ4n) is 4.86. The van der Waals surface area contributed by atoms with E-state index in [4.69, 9.17) is 4.74 Å². The molecule has 2 aliphatic heterocycles. The molecule has 138 valence electrons. The number of allylic oxidation sites excluding steroid dienone is 2. The predicted octanol–water partition coefficient (Wildman–Crippen LogP) is 3.58. The Balaban J connectivity index is 1.96. The number of phenolic OH excluding ortho intramolecular Hbond substituents is 1. The topological polar surface area (TPSA) is 54.7 Å². The number of aldehydes is 1. The zero-order valence-electron chi connectivity index (χ0n) is 15.6. The minimum Gasteiger partial charge on any atom is -0.508 e. The van der Waals surface area contributed by atoms with Crippen LogP contribution < -0.4 is 0 Å². The average Bonchev–Trinajstić information content (AvgIpc) is 2.84. The quantitative estimate of drug-likeness (QED) is 0.676. The molecule has 4 rings (SSSR count). The number of carbonyl (C=O) groups excluding carboxylic acids is 1. The highest BCUT2D eigenvalue weighted by Crippen LogP contribution is 2.47. The van der Waals surface area contributed by atoms with Gasteiger partial charge in [0, 0.05) is 24.7 Å².